The van der Waals surface area contributed by atoms with Crippen LogP contribution in [0, 0.1) is 0 Å². The molecule has 7 nitrogen and oxygen atoms in total. The lowest BCUT2D eigenvalue weighted by Crippen LogP contribution is -2.34. The van der Waals surface area contributed by atoms with Gasteiger partial charge in [-0.15, -0.1) is 11.3 Å². The minimum Gasteiger partial charge on any atom is -0.497 e. The minimum absolute atomic E-state index is 0.0379. The molecule has 9 heteroatoms. The summed E-state index contributed by atoms with van der Waals surface area (Å²) in [5.41, 5.74) is 6.58. The van der Waals surface area contributed by atoms with Crippen LogP contribution in [-0.2, 0) is 22.6 Å². The monoisotopic (exact) mass is 445 g/mol. The Morgan fingerprint density at radius 3 is 2.77 bits per heavy atom. The number of carbonyl (C=O) groups is 1. The molecule has 30 heavy (non-hydrogen) atoms. The van der Waals surface area contributed by atoms with E-state index in [1.165, 1.54) is 11.3 Å². The predicted octanol–water partition coefficient (Wildman–Crippen LogP) is 3.27. The molecule has 158 valence electrons. The number of hydrogen-bond donors (Lipinski definition) is 1. The van der Waals surface area contributed by atoms with Crippen LogP contribution in [0.25, 0.3) is 15.9 Å². The number of hydrogen-bond acceptors (Lipinski definition) is 7. The average Bonchev–Trinajstić information content (AvgIpc) is 3.10. The van der Waals surface area contributed by atoms with Crippen molar-refractivity contribution in [2.24, 2.45) is 5.73 Å². The van der Waals surface area contributed by atoms with Gasteiger partial charge < -0.3 is 15.2 Å². The summed E-state index contributed by atoms with van der Waals surface area (Å²) in [6, 6.07) is 7.19. The van der Waals surface area contributed by atoms with Gasteiger partial charge in [-0.25, -0.2) is 4.98 Å². The van der Waals surface area contributed by atoms with Gasteiger partial charge in [0.05, 0.1) is 36.1 Å². The largest absolute Gasteiger partial charge is 0.497 e. The van der Waals surface area contributed by atoms with Crippen LogP contribution in [0.1, 0.15) is 30.7 Å². The smallest absolute Gasteiger partial charge is 0.267 e. The molecule has 1 amide bonds. The maximum atomic E-state index is 13.7. The zero-order valence-electron chi connectivity index (χ0n) is 17.1. The fourth-order valence-electron chi connectivity index (χ4n) is 3.52. The highest BCUT2D eigenvalue weighted by Gasteiger charge is 2.33. The first kappa shape index (κ1) is 20.9. The van der Waals surface area contributed by atoms with Crippen LogP contribution in [0.2, 0.25) is 0 Å². The van der Waals surface area contributed by atoms with Gasteiger partial charge in [0.1, 0.15) is 10.6 Å². The quantitative estimate of drug-likeness (QED) is 0.462. The number of fused-ring (bicyclic) bond motifs is 3. The number of primary amides is 1. The van der Waals surface area contributed by atoms with Crippen molar-refractivity contribution < 1.29 is 14.3 Å². The van der Waals surface area contributed by atoms with Crippen LogP contribution in [0.4, 0.5) is 0 Å². The molecular formula is C21H23N3O4S2. The first-order valence-corrected chi connectivity index (χ1v) is 11.4. The van der Waals surface area contributed by atoms with Gasteiger partial charge in [0.15, 0.2) is 5.16 Å². The molecule has 0 fully saturated rings. The highest BCUT2D eigenvalue weighted by Crippen LogP contribution is 2.39. The van der Waals surface area contributed by atoms with Gasteiger partial charge in [0, 0.05) is 11.3 Å². The molecule has 2 N–H and O–H groups in total. The van der Waals surface area contributed by atoms with Crippen LogP contribution in [-0.4, -0.2) is 33.9 Å². The van der Waals surface area contributed by atoms with Crippen LogP contribution in [0.15, 0.2) is 34.2 Å². The second-order valence-electron chi connectivity index (χ2n) is 7.44. The van der Waals surface area contributed by atoms with Crippen molar-refractivity contribution in [2.45, 2.75) is 44.1 Å². The van der Waals surface area contributed by atoms with E-state index in [9.17, 15) is 9.59 Å². The van der Waals surface area contributed by atoms with Crippen molar-refractivity contribution in [2.75, 3.05) is 12.9 Å². The molecule has 0 aliphatic carbocycles. The highest BCUT2D eigenvalue weighted by molar-refractivity contribution is 7.99. The van der Waals surface area contributed by atoms with Gasteiger partial charge in [0.25, 0.3) is 5.56 Å². The van der Waals surface area contributed by atoms with Gasteiger partial charge in [0.2, 0.25) is 5.91 Å². The zero-order valence-corrected chi connectivity index (χ0v) is 18.7. The van der Waals surface area contributed by atoms with Crippen LogP contribution < -0.4 is 16.0 Å². The Kier molecular flexibility index (Phi) is 5.61. The molecule has 2 aromatic heterocycles. The lowest BCUT2D eigenvalue weighted by atomic mass is 9.90. The van der Waals surface area contributed by atoms with E-state index in [0.717, 1.165) is 28.6 Å². The second-order valence-corrected chi connectivity index (χ2v) is 9.47. The SMILES string of the molecule is CCC1(C)Cc2c(sc3nc(SCC(N)=O)n(-c4ccc(OC)cc4)c(=O)c23)CO1. The molecule has 3 heterocycles. The van der Waals surface area contributed by atoms with Crippen molar-refractivity contribution in [3.8, 4) is 11.4 Å². The summed E-state index contributed by atoms with van der Waals surface area (Å²) in [6.45, 7) is 4.64. The summed E-state index contributed by atoms with van der Waals surface area (Å²) >= 11 is 2.65. The number of ether oxygens (including phenoxy) is 2. The normalized spacial score (nSPS) is 18.4. The average molecular weight is 446 g/mol. The van der Waals surface area contributed by atoms with Crippen LogP contribution in [0.5, 0.6) is 5.75 Å². The van der Waals surface area contributed by atoms with E-state index in [1.807, 2.05) is 0 Å². The van der Waals surface area contributed by atoms with Crippen molar-refractivity contribution in [1.82, 2.24) is 9.55 Å². The summed E-state index contributed by atoms with van der Waals surface area (Å²) in [4.78, 5) is 31.5. The lowest BCUT2D eigenvalue weighted by Gasteiger charge is -2.32. The number of nitrogens with two attached hydrogens (primary N) is 1. The Morgan fingerprint density at radius 1 is 1.40 bits per heavy atom. The number of methoxy groups -OCH3 is 1. The second kappa shape index (κ2) is 8.05. The van der Waals surface area contributed by atoms with E-state index in [-0.39, 0.29) is 16.9 Å². The van der Waals surface area contributed by atoms with Gasteiger partial charge in [-0.1, -0.05) is 18.7 Å². The van der Waals surface area contributed by atoms with E-state index < -0.39 is 5.91 Å². The van der Waals surface area contributed by atoms with E-state index in [2.05, 4.69) is 13.8 Å². The lowest BCUT2D eigenvalue weighted by molar-refractivity contribution is -0.115. The Bertz CT molecular complexity index is 1170. The molecule has 0 saturated carbocycles. The van der Waals surface area contributed by atoms with E-state index >= 15 is 0 Å². The molecule has 1 aliphatic heterocycles. The van der Waals surface area contributed by atoms with Crippen molar-refractivity contribution in [1.29, 1.82) is 0 Å². The molecule has 1 aromatic carbocycles. The Balaban J connectivity index is 1.93. The summed E-state index contributed by atoms with van der Waals surface area (Å²) in [5.74, 6) is 0.264. The van der Waals surface area contributed by atoms with E-state index in [0.29, 0.717) is 39.8 Å². The summed E-state index contributed by atoms with van der Waals surface area (Å²) in [6.07, 6.45) is 1.53. The topological polar surface area (TPSA) is 96.4 Å². The van der Waals surface area contributed by atoms with E-state index in [4.69, 9.17) is 20.2 Å². The van der Waals surface area contributed by atoms with Gasteiger partial charge in [-0.2, -0.15) is 0 Å². The first-order valence-electron chi connectivity index (χ1n) is 9.62. The molecule has 3 aromatic rings. The number of amides is 1. The molecular weight excluding hydrogens is 422 g/mol. The predicted molar refractivity (Wildman–Crippen MR) is 119 cm³/mol. The fraction of sp³-hybridized carbons (Fsp3) is 0.381. The molecule has 1 unspecified atom stereocenters. The molecule has 0 saturated heterocycles. The summed E-state index contributed by atoms with van der Waals surface area (Å²) < 4.78 is 12.8. The molecule has 1 aliphatic rings. The van der Waals surface area contributed by atoms with Gasteiger partial charge in [-0.05, 0) is 43.2 Å². The highest BCUT2D eigenvalue weighted by atomic mass is 32.2. The van der Waals surface area contributed by atoms with Gasteiger partial charge in [-0.3, -0.25) is 14.2 Å². The molecule has 0 bridgehead atoms. The number of thiophene rings is 1. The van der Waals surface area contributed by atoms with Crippen molar-refractivity contribution in [3.63, 3.8) is 0 Å². The number of carbonyl (C=O) groups excluding carboxylic acids is 1. The molecule has 1 atom stereocenters. The number of thioether (sulfide) groups is 1. The maximum Gasteiger partial charge on any atom is 0.267 e. The molecule has 4 rings (SSSR count). The molecule has 0 spiro atoms. The van der Waals surface area contributed by atoms with Gasteiger partial charge >= 0.3 is 0 Å². The standard InChI is InChI=1S/C21H23N3O4S2/c1-4-21(2)9-14-15(10-28-21)30-18-17(14)19(26)24(20(23-18)29-11-16(22)25)12-5-7-13(27-3)8-6-12/h5-8H,4,9-11H2,1-3H3,(H2,22,25). The first-order chi connectivity index (χ1) is 14.3. The summed E-state index contributed by atoms with van der Waals surface area (Å²) in [7, 11) is 1.59. The number of aromatic nitrogens is 2. The Hall–Kier alpha value is -2.36. The Labute approximate surface area is 182 Å². The van der Waals surface area contributed by atoms with Crippen LogP contribution in [0.3, 0.4) is 0 Å². The zero-order chi connectivity index (χ0) is 21.5. The maximum absolute atomic E-state index is 13.7. The third-order valence-electron chi connectivity index (χ3n) is 5.40. The third kappa shape index (κ3) is 3.73. The van der Waals surface area contributed by atoms with Crippen molar-refractivity contribution in [3.05, 3.63) is 45.1 Å². The minimum atomic E-state index is -0.465. The van der Waals surface area contributed by atoms with Crippen LogP contribution >= 0.6 is 23.1 Å². The fourth-order valence-corrected chi connectivity index (χ4v) is 5.42. The number of rotatable bonds is 6. The summed E-state index contributed by atoms with van der Waals surface area (Å²) in [5, 5.41) is 1.08. The third-order valence-corrected chi connectivity index (χ3v) is 7.46. The van der Waals surface area contributed by atoms with Crippen molar-refractivity contribution >= 4 is 39.2 Å². The number of benzene rings is 1. The van der Waals surface area contributed by atoms with E-state index in [1.54, 1.807) is 35.9 Å². The Morgan fingerprint density at radius 2 is 2.13 bits per heavy atom. The number of nitrogens with zero attached hydrogens (tertiary/aromatic N) is 2. The molecule has 0 radical (unpaired) electrons.